The van der Waals surface area contributed by atoms with Gasteiger partial charge < -0.3 is 19.9 Å². The molecule has 2 aromatic carbocycles. The molecule has 0 aliphatic rings. The molecule has 1 heterocycles. The number of carbonyl (C=O) groups is 1. The fourth-order valence-electron chi connectivity index (χ4n) is 3.47. The van der Waals surface area contributed by atoms with Crippen LogP contribution in [-0.4, -0.2) is 33.5 Å². The van der Waals surface area contributed by atoms with Crippen LogP contribution in [0.3, 0.4) is 0 Å². The number of ether oxygens (including phenoxy) is 1. The summed E-state index contributed by atoms with van der Waals surface area (Å²) in [7, 11) is 1.65. The third-order valence-corrected chi connectivity index (χ3v) is 6.21. The Hall–Kier alpha value is -3.00. The zero-order valence-electron chi connectivity index (χ0n) is 19.1. The SMILES string of the molecule is CCc1cccc(CC)c1NC(=O)CSc1nnc(CNc2ccc(OC)cc2)n1CC. The molecule has 0 unspecified atom stereocenters. The second-order valence-corrected chi connectivity index (χ2v) is 8.16. The van der Waals surface area contributed by atoms with E-state index in [-0.39, 0.29) is 11.7 Å². The van der Waals surface area contributed by atoms with E-state index in [2.05, 4.69) is 53.7 Å². The first-order chi connectivity index (χ1) is 15.6. The van der Waals surface area contributed by atoms with Crippen molar-refractivity contribution in [1.29, 1.82) is 0 Å². The maximum absolute atomic E-state index is 12.7. The number of benzene rings is 2. The highest BCUT2D eigenvalue weighted by molar-refractivity contribution is 7.99. The van der Waals surface area contributed by atoms with Crippen molar-refractivity contribution in [3.05, 3.63) is 59.4 Å². The quantitative estimate of drug-likeness (QED) is 0.407. The van der Waals surface area contributed by atoms with E-state index >= 15 is 0 Å². The van der Waals surface area contributed by atoms with Crippen LogP contribution in [0.15, 0.2) is 47.6 Å². The van der Waals surface area contributed by atoms with Crippen molar-refractivity contribution < 1.29 is 9.53 Å². The van der Waals surface area contributed by atoms with E-state index in [4.69, 9.17) is 4.74 Å². The third-order valence-electron chi connectivity index (χ3n) is 5.25. The molecule has 0 saturated heterocycles. The fraction of sp³-hybridized carbons (Fsp3) is 0.375. The van der Waals surface area contributed by atoms with Gasteiger partial charge in [-0.2, -0.15) is 0 Å². The lowest BCUT2D eigenvalue weighted by Gasteiger charge is -2.14. The average Bonchev–Trinajstić information content (AvgIpc) is 3.23. The van der Waals surface area contributed by atoms with Crippen molar-refractivity contribution >= 4 is 29.0 Å². The Morgan fingerprint density at radius 2 is 1.72 bits per heavy atom. The molecule has 2 N–H and O–H groups in total. The molecule has 0 aliphatic heterocycles. The minimum absolute atomic E-state index is 0.0332. The summed E-state index contributed by atoms with van der Waals surface area (Å²) in [4.78, 5) is 12.7. The van der Waals surface area contributed by atoms with Crippen LogP contribution >= 0.6 is 11.8 Å². The van der Waals surface area contributed by atoms with Gasteiger partial charge in [0.05, 0.1) is 19.4 Å². The predicted octanol–water partition coefficient (Wildman–Crippen LogP) is 4.77. The highest BCUT2D eigenvalue weighted by atomic mass is 32.2. The van der Waals surface area contributed by atoms with Crippen molar-refractivity contribution in [3.63, 3.8) is 0 Å². The van der Waals surface area contributed by atoms with Crippen LogP contribution in [-0.2, 0) is 30.7 Å². The number of methoxy groups -OCH3 is 1. The number of nitrogens with zero attached hydrogens (tertiary/aromatic N) is 3. The van der Waals surface area contributed by atoms with Crippen molar-refractivity contribution in [3.8, 4) is 5.75 Å². The topological polar surface area (TPSA) is 81.1 Å². The Bertz CT molecular complexity index is 1010. The number of nitrogens with one attached hydrogen (secondary N) is 2. The van der Waals surface area contributed by atoms with Gasteiger partial charge in [-0.1, -0.05) is 43.8 Å². The molecule has 3 rings (SSSR count). The van der Waals surface area contributed by atoms with Gasteiger partial charge in [-0.05, 0) is 55.2 Å². The lowest BCUT2D eigenvalue weighted by molar-refractivity contribution is -0.113. The molecule has 170 valence electrons. The smallest absolute Gasteiger partial charge is 0.234 e. The highest BCUT2D eigenvalue weighted by Gasteiger charge is 2.15. The lowest BCUT2D eigenvalue weighted by Crippen LogP contribution is -2.17. The van der Waals surface area contributed by atoms with Gasteiger partial charge in [-0.25, -0.2) is 0 Å². The second kappa shape index (κ2) is 11.6. The number of amides is 1. The normalized spacial score (nSPS) is 10.8. The Morgan fingerprint density at radius 3 is 2.31 bits per heavy atom. The van der Waals surface area contributed by atoms with E-state index < -0.39 is 0 Å². The van der Waals surface area contributed by atoms with E-state index in [1.54, 1.807) is 7.11 Å². The Labute approximate surface area is 194 Å². The summed E-state index contributed by atoms with van der Waals surface area (Å²) < 4.78 is 7.23. The van der Waals surface area contributed by atoms with Crippen LogP contribution in [0.25, 0.3) is 0 Å². The van der Waals surface area contributed by atoms with Gasteiger partial charge in [-0.15, -0.1) is 10.2 Å². The number of hydrogen-bond donors (Lipinski definition) is 2. The van der Waals surface area contributed by atoms with Crippen LogP contribution in [0, 0.1) is 0 Å². The van der Waals surface area contributed by atoms with E-state index in [9.17, 15) is 4.79 Å². The van der Waals surface area contributed by atoms with Gasteiger partial charge in [0.25, 0.3) is 0 Å². The molecule has 0 aliphatic carbocycles. The summed E-state index contributed by atoms with van der Waals surface area (Å²) in [6, 6.07) is 13.9. The maximum Gasteiger partial charge on any atom is 0.234 e. The average molecular weight is 454 g/mol. The fourth-order valence-corrected chi connectivity index (χ4v) is 4.29. The lowest BCUT2D eigenvalue weighted by atomic mass is 10.0. The number of thioether (sulfide) groups is 1. The molecular formula is C24H31N5O2S. The molecule has 0 radical (unpaired) electrons. The molecule has 0 saturated carbocycles. The van der Waals surface area contributed by atoms with Crippen LogP contribution in [0.1, 0.15) is 37.7 Å². The van der Waals surface area contributed by atoms with Gasteiger partial charge in [0, 0.05) is 17.9 Å². The van der Waals surface area contributed by atoms with E-state index in [0.717, 1.165) is 58.6 Å². The first-order valence-corrected chi connectivity index (χ1v) is 11.9. The number of aromatic nitrogens is 3. The number of rotatable bonds is 11. The van der Waals surface area contributed by atoms with E-state index in [1.807, 2.05) is 34.9 Å². The Balaban J connectivity index is 1.61. The predicted molar refractivity (Wildman–Crippen MR) is 131 cm³/mol. The largest absolute Gasteiger partial charge is 0.497 e. The molecule has 8 heteroatoms. The second-order valence-electron chi connectivity index (χ2n) is 7.22. The van der Waals surface area contributed by atoms with E-state index in [1.165, 1.54) is 11.8 Å². The standard InChI is InChI=1S/C24H31N5O2S/c1-5-17-9-8-10-18(6-2)23(17)26-22(30)16-32-24-28-27-21(29(24)7-3)15-25-19-11-13-20(31-4)14-12-19/h8-14,25H,5-7,15-16H2,1-4H3,(H,26,30). The summed E-state index contributed by atoms with van der Waals surface area (Å²) in [6.07, 6.45) is 1.76. The van der Waals surface area contributed by atoms with Gasteiger partial charge in [-0.3, -0.25) is 4.79 Å². The van der Waals surface area contributed by atoms with E-state index in [0.29, 0.717) is 6.54 Å². The zero-order valence-corrected chi connectivity index (χ0v) is 20.0. The van der Waals surface area contributed by atoms with Crippen LogP contribution < -0.4 is 15.4 Å². The molecule has 0 bridgehead atoms. The minimum Gasteiger partial charge on any atom is -0.497 e. The molecule has 0 spiro atoms. The summed E-state index contributed by atoms with van der Waals surface area (Å²) in [5.41, 5.74) is 4.24. The van der Waals surface area contributed by atoms with Crippen LogP contribution in [0.4, 0.5) is 11.4 Å². The maximum atomic E-state index is 12.7. The van der Waals surface area contributed by atoms with Crippen molar-refractivity contribution in [2.24, 2.45) is 0 Å². The first kappa shape index (κ1) is 23.7. The number of aryl methyl sites for hydroxylation is 2. The number of hydrogen-bond acceptors (Lipinski definition) is 6. The van der Waals surface area contributed by atoms with Crippen LogP contribution in [0.2, 0.25) is 0 Å². The molecule has 1 aromatic heterocycles. The summed E-state index contributed by atoms with van der Waals surface area (Å²) in [5, 5.41) is 15.8. The Morgan fingerprint density at radius 1 is 1.03 bits per heavy atom. The summed E-state index contributed by atoms with van der Waals surface area (Å²) in [5.74, 6) is 1.90. The molecule has 32 heavy (non-hydrogen) atoms. The molecule has 1 amide bonds. The molecule has 3 aromatic rings. The highest BCUT2D eigenvalue weighted by Crippen LogP contribution is 2.24. The van der Waals surface area contributed by atoms with Crippen LogP contribution in [0.5, 0.6) is 5.75 Å². The van der Waals surface area contributed by atoms with Gasteiger partial charge in [0.2, 0.25) is 5.91 Å². The first-order valence-electron chi connectivity index (χ1n) is 10.9. The zero-order chi connectivity index (χ0) is 22.9. The van der Waals surface area contributed by atoms with Gasteiger partial charge in [0.1, 0.15) is 5.75 Å². The summed E-state index contributed by atoms with van der Waals surface area (Å²) in [6.45, 7) is 7.53. The van der Waals surface area contributed by atoms with Crippen molar-refractivity contribution in [2.75, 3.05) is 23.5 Å². The van der Waals surface area contributed by atoms with Gasteiger partial charge >= 0.3 is 0 Å². The Kier molecular flexibility index (Phi) is 8.56. The number of para-hydroxylation sites is 1. The van der Waals surface area contributed by atoms with Crippen molar-refractivity contribution in [2.45, 2.75) is 51.9 Å². The third kappa shape index (κ3) is 5.82. The molecule has 7 nitrogen and oxygen atoms in total. The summed E-state index contributed by atoms with van der Waals surface area (Å²) >= 11 is 1.41. The molecular weight excluding hydrogens is 422 g/mol. The number of anilines is 2. The van der Waals surface area contributed by atoms with Gasteiger partial charge in [0.15, 0.2) is 11.0 Å². The van der Waals surface area contributed by atoms with Crippen molar-refractivity contribution in [1.82, 2.24) is 14.8 Å². The number of carbonyl (C=O) groups excluding carboxylic acids is 1. The monoisotopic (exact) mass is 453 g/mol. The molecule has 0 atom stereocenters. The minimum atomic E-state index is -0.0332. The molecule has 0 fully saturated rings.